The maximum absolute atomic E-state index is 14.3. The van der Waals surface area contributed by atoms with Crippen LogP contribution in [0.4, 0.5) is 13.2 Å². The topological polar surface area (TPSA) is 233 Å². The molecular formula is C37H46F3N7O7. The van der Waals surface area contributed by atoms with Crippen LogP contribution in [0.5, 0.6) is 0 Å². The van der Waals surface area contributed by atoms with Crippen LogP contribution in [-0.2, 0) is 41.7 Å². The molecule has 292 valence electrons. The number of ether oxygens (including phenoxy) is 1. The summed E-state index contributed by atoms with van der Waals surface area (Å²) in [5, 5.41) is 14.9. The van der Waals surface area contributed by atoms with Gasteiger partial charge in [0.05, 0.1) is 12.7 Å². The number of hydrogen-bond donors (Lipinski definition) is 6. The molecular weight excluding hydrogens is 711 g/mol. The number of primary amides is 1. The first kappa shape index (κ1) is 42.7. The number of nitrogens with one attached hydrogen (secondary N) is 2. The number of carbonyl (C=O) groups excluding carboxylic acids is 4. The number of alkyl halides is 3. The molecule has 3 aromatic rings. The number of benzene rings is 3. The number of rotatable bonds is 16. The molecule has 0 unspecified atom stereocenters. The van der Waals surface area contributed by atoms with E-state index in [-0.39, 0.29) is 43.3 Å². The van der Waals surface area contributed by atoms with Crippen LogP contribution in [0.2, 0.25) is 0 Å². The van der Waals surface area contributed by atoms with Crippen LogP contribution in [-0.4, -0.2) is 89.1 Å². The van der Waals surface area contributed by atoms with E-state index in [1.807, 2.05) is 48.5 Å². The smallest absolute Gasteiger partial charge is 0.475 e. The maximum Gasteiger partial charge on any atom is 0.490 e. The van der Waals surface area contributed by atoms with Gasteiger partial charge in [-0.1, -0.05) is 66.7 Å². The number of carboxylic acids is 1. The number of amides is 4. The van der Waals surface area contributed by atoms with Gasteiger partial charge in [0.15, 0.2) is 5.96 Å². The van der Waals surface area contributed by atoms with E-state index in [2.05, 4.69) is 39.9 Å². The summed E-state index contributed by atoms with van der Waals surface area (Å²) in [7, 11) is 0. The third-order valence-corrected chi connectivity index (χ3v) is 8.46. The van der Waals surface area contributed by atoms with E-state index in [9.17, 15) is 32.3 Å². The van der Waals surface area contributed by atoms with Crippen molar-refractivity contribution in [3.63, 3.8) is 0 Å². The Labute approximate surface area is 310 Å². The molecule has 4 amide bonds. The van der Waals surface area contributed by atoms with Crippen LogP contribution in [0, 0.1) is 0 Å². The lowest BCUT2D eigenvalue weighted by molar-refractivity contribution is -0.192. The summed E-state index contributed by atoms with van der Waals surface area (Å²) in [6, 6.07) is 21.6. The number of fused-ring (bicyclic) bond motifs is 1. The fourth-order valence-electron chi connectivity index (χ4n) is 5.94. The summed E-state index contributed by atoms with van der Waals surface area (Å²) in [5.74, 6) is -4.61. The fourth-order valence-corrected chi connectivity index (χ4v) is 5.94. The van der Waals surface area contributed by atoms with Crippen molar-refractivity contribution < 1.29 is 47.0 Å². The van der Waals surface area contributed by atoms with Crippen LogP contribution in [0.25, 0.3) is 10.8 Å². The Morgan fingerprint density at radius 1 is 0.926 bits per heavy atom. The highest BCUT2D eigenvalue weighted by Crippen LogP contribution is 2.27. The molecule has 0 saturated carbocycles. The molecule has 4 rings (SSSR count). The molecule has 9 N–H and O–H groups in total. The predicted molar refractivity (Wildman–Crippen MR) is 194 cm³/mol. The van der Waals surface area contributed by atoms with Crippen LogP contribution in [0.1, 0.15) is 50.2 Å². The van der Waals surface area contributed by atoms with Crippen molar-refractivity contribution in [1.29, 1.82) is 0 Å². The zero-order valence-corrected chi connectivity index (χ0v) is 29.8. The number of carboxylic acid groups (broad SMARTS) is 1. The number of hydrogen-bond acceptors (Lipinski definition) is 7. The maximum atomic E-state index is 14.3. The second-order valence-electron chi connectivity index (χ2n) is 12.8. The van der Waals surface area contributed by atoms with Crippen molar-refractivity contribution in [2.45, 2.75) is 82.5 Å². The number of carbonyl (C=O) groups is 5. The predicted octanol–water partition coefficient (Wildman–Crippen LogP) is 2.51. The normalized spacial score (nSPS) is 16.3. The zero-order valence-electron chi connectivity index (χ0n) is 29.8. The lowest BCUT2D eigenvalue weighted by Crippen LogP contribution is -2.55. The van der Waals surface area contributed by atoms with Crippen LogP contribution < -0.4 is 27.8 Å². The Balaban J connectivity index is 0.00000102. The van der Waals surface area contributed by atoms with Gasteiger partial charge < -0.3 is 42.6 Å². The number of guanidine groups is 1. The standard InChI is InChI=1S/C35H45N7O5.C2HF3O2/c1-23(43)40-30(15-16-32(36)44)33(45)41-31(19-24-8-3-2-4-9-24)34(46)42-21-29(20-28(42)12-7-17-39-35(37)38)47-22-25-13-14-26-10-5-6-11-27(26)18-25;3-2(4,5)1(6)7/h2-6,8-11,13-14,18,28-31H,7,12,15-17,19-22H2,1H3,(H2,36,44)(H,40,43)(H,41,45)(H4,37,38,39);(H,6,7)/t28-,29+,30+,31-;/m1./s1. The summed E-state index contributed by atoms with van der Waals surface area (Å²) in [6.45, 7) is 2.44. The van der Waals surface area contributed by atoms with Crippen LogP contribution in [0.15, 0.2) is 77.8 Å². The Morgan fingerprint density at radius 2 is 1.57 bits per heavy atom. The second-order valence-corrected chi connectivity index (χ2v) is 12.8. The van der Waals surface area contributed by atoms with Gasteiger partial charge in [0.1, 0.15) is 12.1 Å². The van der Waals surface area contributed by atoms with Crippen molar-refractivity contribution in [3.05, 3.63) is 83.9 Å². The number of likely N-dealkylation sites (tertiary alicyclic amines) is 1. The molecule has 0 bridgehead atoms. The van der Waals surface area contributed by atoms with Crippen LogP contribution in [0.3, 0.4) is 0 Å². The van der Waals surface area contributed by atoms with E-state index in [1.54, 1.807) is 4.90 Å². The van der Waals surface area contributed by atoms with E-state index in [1.165, 1.54) is 6.92 Å². The summed E-state index contributed by atoms with van der Waals surface area (Å²) >= 11 is 0. The molecule has 54 heavy (non-hydrogen) atoms. The van der Waals surface area contributed by atoms with Gasteiger partial charge >= 0.3 is 12.1 Å². The molecule has 14 nitrogen and oxygen atoms in total. The highest BCUT2D eigenvalue weighted by Gasteiger charge is 2.40. The molecule has 0 spiro atoms. The van der Waals surface area contributed by atoms with Gasteiger partial charge in [-0.3, -0.25) is 24.2 Å². The van der Waals surface area contributed by atoms with Crippen molar-refractivity contribution >= 4 is 46.3 Å². The number of nitrogens with two attached hydrogens (primary N) is 3. The lowest BCUT2D eigenvalue weighted by Gasteiger charge is -2.30. The number of aliphatic carboxylic acids is 1. The average Bonchev–Trinajstić information content (AvgIpc) is 3.53. The summed E-state index contributed by atoms with van der Waals surface area (Å²) in [4.78, 5) is 65.9. The Morgan fingerprint density at radius 3 is 2.19 bits per heavy atom. The van der Waals surface area contributed by atoms with Gasteiger partial charge in [0.25, 0.3) is 0 Å². The zero-order chi connectivity index (χ0) is 39.8. The number of nitrogens with zero attached hydrogens (tertiary/aromatic N) is 2. The minimum atomic E-state index is -5.08. The van der Waals surface area contributed by atoms with Gasteiger partial charge in [0.2, 0.25) is 23.6 Å². The second kappa shape index (κ2) is 20.5. The summed E-state index contributed by atoms with van der Waals surface area (Å²) < 4.78 is 38.1. The first-order valence-electron chi connectivity index (χ1n) is 17.2. The molecule has 1 aliphatic heterocycles. The minimum Gasteiger partial charge on any atom is -0.475 e. The van der Waals surface area contributed by atoms with E-state index >= 15 is 0 Å². The van der Waals surface area contributed by atoms with Crippen molar-refractivity contribution in [1.82, 2.24) is 15.5 Å². The average molecular weight is 758 g/mol. The molecule has 0 radical (unpaired) electrons. The summed E-state index contributed by atoms with van der Waals surface area (Å²) in [5.41, 5.74) is 18.2. The van der Waals surface area contributed by atoms with Crippen molar-refractivity contribution in [2.75, 3.05) is 13.1 Å². The first-order valence-corrected chi connectivity index (χ1v) is 17.2. The lowest BCUT2D eigenvalue weighted by atomic mass is 10.0. The van der Waals surface area contributed by atoms with E-state index < -0.39 is 42.0 Å². The third kappa shape index (κ3) is 14.4. The number of halogens is 3. The van der Waals surface area contributed by atoms with E-state index in [0.29, 0.717) is 39.0 Å². The fraction of sp³-hybridized carbons (Fsp3) is 0.405. The van der Waals surface area contributed by atoms with E-state index in [0.717, 1.165) is 21.9 Å². The van der Waals surface area contributed by atoms with Gasteiger partial charge in [-0.2, -0.15) is 13.2 Å². The van der Waals surface area contributed by atoms with Gasteiger partial charge in [-0.15, -0.1) is 0 Å². The van der Waals surface area contributed by atoms with Crippen LogP contribution >= 0.6 is 0 Å². The molecule has 1 aliphatic rings. The van der Waals surface area contributed by atoms with E-state index in [4.69, 9.17) is 31.8 Å². The molecule has 1 fully saturated rings. The van der Waals surface area contributed by atoms with Crippen molar-refractivity contribution in [3.8, 4) is 0 Å². The highest BCUT2D eigenvalue weighted by atomic mass is 19.4. The Bertz CT molecular complexity index is 1770. The molecule has 0 aromatic heterocycles. The molecule has 4 atom stereocenters. The van der Waals surface area contributed by atoms with Gasteiger partial charge in [0, 0.05) is 38.9 Å². The molecule has 1 heterocycles. The minimum absolute atomic E-state index is 0.00874. The third-order valence-electron chi connectivity index (χ3n) is 8.46. The van der Waals surface area contributed by atoms with Crippen molar-refractivity contribution in [2.24, 2.45) is 22.2 Å². The Kier molecular flexibility index (Phi) is 16.2. The van der Waals surface area contributed by atoms with Gasteiger partial charge in [-0.25, -0.2) is 4.79 Å². The monoisotopic (exact) mass is 757 g/mol. The largest absolute Gasteiger partial charge is 0.490 e. The highest BCUT2D eigenvalue weighted by molar-refractivity contribution is 5.92. The Hall–Kier alpha value is -5.71. The first-order chi connectivity index (χ1) is 25.5. The molecule has 17 heteroatoms. The molecule has 3 aromatic carbocycles. The van der Waals surface area contributed by atoms with Gasteiger partial charge in [-0.05, 0) is 53.6 Å². The molecule has 0 aliphatic carbocycles. The number of aliphatic imine (C=N–C) groups is 1. The quantitative estimate of drug-likeness (QED) is 0.0715. The molecule has 1 saturated heterocycles. The summed E-state index contributed by atoms with van der Waals surface area (Å²) in [6.07, 6.45) is -3.28. The SMILES string of the molecule is CC(=O)N[C@@H](CCC(N)=O)C(=O)N[C@H](Cc1ccccc1)C(=O)N1C[C@@H](OCc2ccc3ccccc3c2)C[C@H]1CCCN=C(N)N.O=C(O)C(F)(F)F.